The Labute approximate surface area is 124 Å². The third-order valence-electron chi connectivity index (χ3n) is 4.66. The molecule has 1 unspecified atom stereocenters. The summed E-state index contributed by atoms with van der Waals surface area (Å²) in [5, 5.41) is 4.44. The second kappa shape index (κ2) is 7.79. The van der Waals surface area contributed by atoms with Crippen LogP contribution in [0, 0.1) is 0 Å². The Morgan fingerprint density at radius 1 is 1.20 bits per heavy atom. The summed E-state index contributed by atoms with van der Waals surface area (Å²) >= 11 is 0. The first-order chi connectivity index (χ1) is 9.59. The van der Waals surface area contributed by atoms with Crippen LogP contribution in [0.2, 0.25) is 0 Å². The molecule has 1 atom stereocenters. The second-order valence-electron chi connectivity index (χ2n) is 5.50. The molecule has 2 N–H and O–H groups in total. The number of hydrogen-bond acceptors (Lipinski definition) is 3. The lowest BCUT2D eigenvalue weighted by Gasteiger charge is -2.46. The van der Waals surface area contributed by atoms with E-state index in [-0.39, 0.29) is 11.6 Å². The first-order valence-corrected chi connectivity index (χ1v) is 8.12. The highest BCUT2D eigenvalue weighted by Crippen LogP contribution is 2.35. The molecule has 1 heterocycles. The monoisotopic (exact) mass is 280 g/mol. The number of nitrogens with two attached hydrogens (primary N) is 1. The maximum absolute atomic E-state index is 6.66. The van der Waals surface area contributed by atoms with Gasteiger partial charge in [0, 0.05) is 23.8 Å². The molecule has 0 saturated carbocycles. The van der Waals surface area contributed by atoms with Gasteiger partial charge in [0.15, 0.2) is 0 Å². The fourth-order valence-corrected chi connectivity index (χ4v) is 3.39. The number of rotatable bonds is 9. The largest absolute Gasteiger partial charge is 0.322 e. The van der Waals surface area contributed by atoms with E-state index < -0.39 is 0 Å². The number of hydrogen-bond donors (Lipinski definition) is 1. The van der Waals surface area contributed by atoms with Gasteiger partial charge in [-0.1, -0.05) is 34.6 Å². The Morgan fingerprint density at radius 2 is 1.80 bits per heavy atom. The molecular weight excluding hydrogens is 248 g/mol. The summed E-state index contributed by atoms with van der Waals surface area (Å²) in [5.41, 5.74) is 7.85. The molecule has 0 aliphatic rings. The third kappa shape index (κ3) is 3.23. The molecule has 0 aliphatic heterocycles. The van der Waals surface area contributed by atoms with E-state index in [1.54, 1.807) is 0 Å². The highest BCUT2D eigenvalue weighted by molar-refractivity contribution is 5.17. The van der Waals surface area contributed by atoms with E-state index >= 15 is 0 Å². The quantitative estimate of drug-likeness (QED) is 0.755. The van der Waals surface area contributed by atoms with E-state index in [0.29, 0.717) is 0 Å². The van der Waals surface area contributed by atoms with E-state index in [9.17, 15) is 0 Å². The summed E-state index contributed by atoms with van der Waals surface area (Å²) in [6, 6.07) is 0.0167. The summed E-state index contributed by atoms with van der Waals surface area (Å²) in [6.45, 7) is 14.1. The van der Waals surface area contributed by atoms with Crippen molar-refractivity contribution < 1.29 is 0 Å². The Morgan fingerprint density at radius 3 is 2.25 bits per heavy atom. The summed E-state index contributed by atoms with van der Waals surface area (Å²) < 4.78 is 2.01. The lowest BCUT2D eigenvalue weighted by Crippen LogP contribution is -2.54. The van der Waals surface area contributed by atoms with Crippen LogP contribution in [-0.4, -0.2) is 33.3 Å². The predicted molar refractivity (Wildman–Crippen MR) is 85.7 cm³/mol. The molecule has 0 saturated heterocycles. The molecule has 0 bridgehead atoms. The van der Waals surface area contributed by atoms with Crippen molar-refractivity contribution in [2.45, 2.75) is 72.0 Å². The summed E-state index contributed by atoms with van der Waals surface area (Å²) in [6.07, 6.45) is 7.29. The van der Waals surface area contributed by atoms with Gasteiger partial charge in [-0.15, -0.1) is 0 Å². The average molecular weight is 280 g/mol. The van der Waals surface area contributed by atoms with Gasteiger partial charge in [0.1, 0.15) is 0 Å². The van der Waals surface area contributed by atoms with Crippen molar-refractivity contribution in [3.63, 3.8) is 0 Å². The van der Waals surface area contributed by atoms with E-state index in [1.165, 1.54) is 0 Å². The van der Waals surface area contributed by atoms with Crippen molar-refractivity contribution in [2.75, 3.05) is 13.1 Å². The highest BCUT2D eigenvalue weighted by atomic mass is 15.3. The maximum atomic E-state index is 6.66. The third-order valence-corrected chi connectivity index (χ3v) is 4.66. The van der Waals surface area contributed by atoms with E-state index in [2.05, 4.69) is 50.8 Å². The summed E-state index contributed by atoms with van der Waals surface area (Å²) in [4.78, 5) is 2.51. The molecule has 4 nitrogen and oxygen atoms in total. The zero-order valence-electron chi connectivity index (χ0n) is 13.9. The van der Waals surface area contributed by atoms with Gasteiger partial charge in [0.25, 0.3) is 0 Å². The van der Waals surface area contributed by atoms with Gasteiger partial charge in [-0.3, -0.25) is 9.58 Å². The Balaban J connectivity index is 3.05. The van der Waals surface area contributed by atoms with E-state index in [0.717, 1.165) is 44.5 Å². The van der Waals surface area contributed by atoms with Gasteiger partial charge in [-0.2, -0.15) is 5.10 Å². The van der Waals surface area contributed by atoms with Crippen molar-refractivity contribution in [3.05, 3.63) is 18.0 Å². The van der Waals surface area contributed by atoms with Crippen molar-refractivity contribution in [3.8, 4) is 0 Å². The molecule has 20 heavy (non-hydrogen) atoms. The molecule has 0 aromatic carbocycles. The van der Waals surface area contributed by atoms with Crippen molar-refractivity contribution in [1.82, 2.24) is 14.7 Å². The van der Waals surface area contributed by atoms with Gasteiger partial charge >= 0.3 is 0 Å². The standard InChI is InChI=1S/C16H32N4/c1-6-11-20-13-14(12-18-20)15(17)16(7-2,8-3)19(9-4)10-5/h12-13,15H,6-11,17H2,1-5H3. The minimum atomic E-state index is 0.0167. The molecule has 0 aliphatic carbocycles. The van der Waals surface area contributed by atoms with E-state index in [1.807, 2.05) is 10.9 Å². The van der Waals surface area contributed by atoms with Crippen LogP contribution in [0.15, 0.2) is 12.4 Å². The van der Waals surface area contributed by atoms with Crippen LogP contribution in [-0.2, 0) is 6.54 Å². The number of nitrogens with zero attached hydrogens (tertiary/aromatic N) is 3. The molecule has 1 aromatic heterocycles. The van der Waals surface area contributed by atoms with E-state index in [4.69, 9.17) is 5.73 Å². The molecule has 1 aromatic rings. The van der Waals surface area contributed by atoms with Crippen LogP contribution in [0.4, 0.5) is 0 Å². The average Bonchev–Trinajstić information content (AvgIpc) is 2.93. The van der Waals surface area contributed by atoms with Gasteiger partial charge in [0.2, 0.25) is 0 Å². The first kappa shape index (κ1) is 17.2. The molecule has 1 rings (SSSR count). The Bertz CT molecular complexity index is 378. The first-order valence-electron chi connectivity index (χ1n) is 8.12. The molecule has 0 spiro atoms. The van der Waals surface area contributed by atoms with Crippen LogP contribution >= 0.6 is 0 Å². The molecule has 4 heteroatoms. The number of aromatic nitrogens is 2. The second-order valence-corrected chi connectivity index (χ2v) is 5.50. The van der Waals surface area contributed by atoms with Crippen LogP contribution in [0.1, 0.15) is 65.5 Å². The number of likely N-dealkylation sites (N-methyl/N-ethyl adjacent to an activating group) is 1. The zero-order valence-corrected chi connectivity index (χ0v) is 13.9. The molecular formula is C16H32N4. The topological polar surface area (TPSA) is 47.1 Å². The highest BCUT2D eigenvalue weighted by Gasteiger charge is 2.39. The Hall–Kier alpha value is -0.870. The molecule has 116 valence electrons. The molecule has 0 radical (unpaired) electrons. The normalized spacial score (nSPS) is 13.9. The van der Waals surface area contributed by atoms with Crippen molar-refractivity contribution >= 4 is 0 Å². The number of aryl methyl sites for hydroxylation is 1. The SMILES string of the molecule is CCCn1cc(C(N)C(CC)(CC)N(CC)CC)cn1. The van der Waals surface area contributed by atoms with Crippen molar-refractivity contribution in [1.29, 1.82) is 0 Å². The summed E-state index contributed by atoms with van der Waals surface area (Å²) in [5.74, 6) is 0. The minimum absolute atomic E-state index is 0.0167. The van der Waals surface area contributed by atoms with Crippen LogP contribution < -0.4 is 5.73 Å². The zero-order chi connectivity index (χ0) is 15.2. The van der Waals surface area contributed by atoms with Crippen LogP contribution in [0.3, 0.4) is 0 Å². The molecule has 0 amide bonds. The fourth-order valence-electron chi connectivity index (χ4n) is 3.39. The van der Waals surface area contributed by atoms with Crippen LogP contribution in [0.25, 0.3) is 0 Å². The predicted octanol–water partition coefficient (Wildman–Crippen LogP) is 3.19. The maximum Gasteiger partial charge on any atom is 0.0538 e. The Kier molecular flexibility index (Phi) is 6.69. The van der Waals surface area contributed by atoms with Gasteiger partial charge < -0.3 is 5.73 Å². The van der Waals surface area contributed by atoms with Gasteiger partial charge in [-0.25, -0.2) is 0 Å². The van der Waals surface area contributed by atoms with Crippen LogP contribution in [0.5, 0.6) is 0 Å². The fraction of sp³-hybridized carbons (Fsp3) is 0.812. The van der Waals surface area contributed by atoms with Crippen molar-refractivity contribution in [2.24, 2.45) is 5.73 Å². The smallest absolute Gasteiger partial charge is 0.0538 e. The summed E-state index contributed by atoms with van der Waals surface area (Å²) in [7, 11) is 0. The lowest BCUT2D eigenvalue weighted by molar-refractivity contribution is 0.0625. The van der Waals surface area contributed by atoms with Gasteiger partial charge in [-0.05, 0) is 32.4 Å². The lowest BCUT2D eigenvalue weighted by atomic mass is 9.80. The van der Waals surface area contributed by atoms with Gasteiger partial charge in [0.05, 0.1) is 12.2 Å². The molecule has 0 fully saturated rings. The minimum Gasteiger partial charge on any atom is -0.322 e.